The molecular formula is C9H6F3O. The normalized spacial score (nSPS) is 11.0. The molecule has 1 nitrogen and oxygen atoms in total. The van der Waals surface area contributed by atoms with Gasteiger partial charge in [-0.1, -0.05) is 24.8 Å². The van der Waals surface area contributed by atoms with Gasteiger partial charge >= 0.3 is 6.36 Å². The van der Waals surface area contributed by atoms with Crippen molar-refractivity contribution in [2.45, 2.75) is 6.36 Å². The van der Waals surface area contributed by atoms with Crippen molar-refractivity contribution in [1.82, 2.24) is 0 Å². The van der Waals surface area contributed by atoms with E-state index in [1.165, 1.54) is 30.3 Å². The predicted molar refractivity (Wildman–Crippen MR) is 41.9 cm³/mol. The van der Waals surface area contributed by atoms with Crippen LogP contribution in [-0.4, -0.2) is 6.36 Å². The molecule has 1 radical (unpaired) electrons. The van der Waals surface area contributed by atoms with Crippen molar-refractivity contribution in [2.24, 2.45) is 0 Å². The summed E-state index contributed by atoms with van der Waals surface area (Å²) in [5.74, 6) is -0.252. The molecule has 69 valence electrons. The highest BCUT2D eigenvalue weighted by Gasteiger charge is 2.30. The number of alkyl halides is 3. The summed E-state index contributed by atoms with van der Waals surface area (Å²) in [5.41, 5.74) is 0.634. The highest BCUT2D eigenvalue weighted by molar-refractivity contribution is 5.47. The summed E-state index contributed by atoms with van der Waals surface area (Å²) in [6.07, 6.45) is -3.36. The summed E-state index contributed by atoms with van der Waals surface area (Å²) >= 11 is 0. The highest BCUT2D eigenvalue weighted by Crippen LogP contribution is 2.22. The second-order valence-corrected chi connectivity index (χ2v) is 2.28. The van der Waals surface area contributed by atoms with E-state index >= 15 is 0 Å². The minimum absolute atomic E-state index is 0.252. The van der Waals surface area contributed by atoms with Crippen LogP contribution in [-0.2, 0) is 0 Å². The van der Waals surface area contributed by atoms with Gasteiger partial charge in [0.2, 0.25) is 0 Å². The Bertz CT molecular complexity index is 287. The smallest absolute Gasteiger partial charge is 0.406 e. The van der Waals surface area contributed by atoms with Gasteiger partial charge in [-0.25, -0.2) is 0 Å². The number of hydrogen-bond acceptors (Lipinski definition) is 1. The summed E-state index contributed by atoms with van der Waals surface area (Å²) in [4.78, 5) is 0. The molecule has 0 unspecified atom stereocenters. The molecule has 0 aromatic heterocycles. The van der Waals surface area contributed by atoms with E-state index in [1.807, 2.05) is 0 Å². The van der Waals surface area contributed by atoms with Crippen molar-refractivity contribution in [1.29, 1.82) is 0 Å². The lowest BCUT2D eigenvalue weighted by atomic mass is 10.2. The second-order valence-electron chi connectivity index (χ2n) is 2.28. The molecule has 0 saturated heterocycles. The van der Waals surface area contributed by atoms with Gasteiger partial charge in [0.25, 0.3) is 0 Å². The third-order valence-corrected chi connectivity index (χ3v) is 1.31. The molecule has 0 heterocycles. The van der Waals surface area contributed by atoms with Gasteiger partial charge in [-0.15, -0.1) is 13.2 Å². The molecular weight excluding hydrogens is 181 g/mol. The van der Waals surface area contributed by atoms with E-state index in [4.69, 9.17) is 6.58 Å². The van der Waals surface area contributed by atoms with E-state index in [0.717, 1.165) is 0 Å². The Morgan fingerprint density at radius 2 is 1.69 bits per heavy atom. The van der Waals surface area contributed by atoms with Crippen LogP contribution in [0.4, 0.5) is 13.2 Å². The predicted octanol–water partition coefficient (Wildman–Crippen LogP) is 3.03. The van der Waals surface area contributed by atoms with Crippen molar-refractivity contribution in [2.75, 3.05) is 0 Å². The van der Waals surface area contributed by atoms with E-state index in [9.17, 15) is 13.2 Å². The molecule has 0 saturated carbocycles. The Morgan fingerprint density at radius 3 is 2.08 bits per heavy atom. The van der Waals surface area contributed by atoms with Gasteiger partial charge in [-0.3, -0.25) is 0 Å². The third kappa shape index (κ3) is 3.19. The van der Waals surface area contributed by atoms with Gasteiger partial charge < -0.3 is 4.74 Å². The maximum Gasteiger partial charge on any atom is 0.573 e. The van der Waals surface area contributed by atoms with Crippen LogP contribution in [0, 0.1) is 6.58 Å². The number of ether oxygens (including phenoxy) is 1. The lowest BCUT2D eigenvalue weighted by Crippen LogP contribution is -2.16. The van der Waals surface area contributed by atoms with Gasteiger partial charge in [0.05, 0.1) is 0 Å². The van der Waals surface area contributed by atoms with Crippen LogP contribution in [0.2, 0.25) is 0 Å². The van der Waals surface area contributed by atoms with Crippen LogP contribution in [0.1, 0.15) is 5.56 Å². The molecule has 1 aromatic rings. The second kappa shape index (κ2) is 3.51. The zero-order valence-corrected chi connectivity index (χ0v) is 6.51. The summed E-state index contributed by atoms with van der Waals surface area (Å²) in [7, 11) is 0. The number of hydrogen-bond donors (Lipinski definition) is 0. The fraction of sp³-hybridized carbons (Fsp3) is 0.111. The maximum absolute atomic E-state index is 11.7. The molecule has 0 atom stereocenters. The monoisotopic (exact) mass is 187 g/mol. The van der Waals surface area contributed by atoms with Crippen molar-refractivity contribution < 1.29 is 17.9 Å². The number of rotatable bonds is 2. The van der Waals surface area contributed by atoms with Crippen LogP contribution < -0.4 is 4.74 Å². The zero-order chi connectivity index (χ0) is 9.90. The average molecular weight is 187 g/mol. The summed E-state index contributed by atoms with van der Waals surface area (Å²) in [6.45, 7) is 5.14. The fourth-order valence-corrected chi connectivity index (χ4v) is 0.781. The first-order valence-electron chi connectivity index (χ1n) is 3.42. The molecule has 0 N–H and O–H groups in total. The zero-order valence-electron chi connectivity index (χ0n) is 6.51. The van der Waals surface area contributed by atoms with Gasteiger partial charge in [0, 0.05) is 0 Å². The average Bonchev–Trinajstić information content (AvgIpc) is 2.03. The largest absolute Gasteiger partial charge is 0.573 e. The molecule has 13 heavy (non-hydrogen) atoms. The Labute approximate surface area is 73.4 Å². The number of halogens is 3. The Kier molecular flexibility index (Phi) is 2.60. The van der Waals surface area contributed by atoms with Crippen LogP contribution in [0.3, 0.4) is 0 Å². The van der Waals surface area contributed by atoms with Gasteiger partial charge in [0.1, 0.15) is 5.75 Å². The third-order valence-electron chi connectivity index (χ3n) is 1.31. The molecule has 0 aliphatic rings. The topological polar surface area (TPSA) is 9.23 Å². The summed E-state index contributed by atoms with van der Waals surface area (Å²) in [5, 5.41) is 0. The van der Waals surface area contributed by atoms with E-state index in [2.05, 4.69) is 4.74 Å². The van der Waals surface area contributed by atoms with E-state index < -0.39 is 6.36 Å². The Balaban J connectivity index is 2.75. The van der Waals surface area contributed by atoms with Crippen molar-refractivity contribution in [3.63, 3.8) is 0 Å². The van der Waals surface area contributed by atoms with Crippen LogP contribution in [0.25, 0.3) is 6.08 Å². The molecule has 0 spiro atoms. The number of benzene rings is 1. The first kappa shape index (κ1) is 9.64. The molecule has 4 heteroatoms. The lowest BCUT2D eigenvalue weighted by molar-refractivity contribution is -0.274. The molecule has 0 aliphatic heterocycles. The lowest BCUT2D eigenvalue weighted by Gasteiger charge is -2.08. The van der Waals surface area contributed by atoms with Crippen molar-refractivity contribution >= 4 is 6.08 Å². The fourth-order valence-electron chi connectivity index (χ4n) is 0.781. The Hall–Kier alpha value is -1.45. The minimum atomic E-state index is -4.64. The molecule has 0 aliphatic carbocycles. The van der Waals surface area contributed by atoms with Gasteiger partial charge in [-0.2, -0.15) is 0 Å². The van der Waals surface area contributed by atoms with Crippen LogP contribution >= 0.6 is 0 Å². The summed E-state index contributed by atoms with van der Waals surface area (Å²) in [6, 6.07) is 5.26. The van der Waals surface area contributed by atoms with Gasteiger partial charge in [-0.05, 0) is 17.7 Å². The van der Waals surface area contributed by atoms with Crippen LogP contribution in [0.15, 0.2) is 24.3 Å². The summed E-state index contributed by atoms with van der Waals surface area (Å²) < 4.78 is 38.7. The van der Waals surface area contributed by atoms with Crippen molar-refractivity contribution in [3.8, 4) is 5.75 Å². The van der Waals surface area contributed by atoms with E-state index in [1.54, 1.807) is 0 Å². The van der Waals surface area contributed by atoms with Gasteiger partial charge in [0.15, 0.2) is 0 Å². The first-order chi connectivity index (χ1) is 6.01. The SMILES string of the molecule is [CH]=Cc1ccc(OC(F)(F)F)cc1. The minimum Gasteiger partial charge on any atom is -0.406 e. The molecule has 0 amide bonds. The quantitative estimate of drug-likeness (QED) is 0.691. The molecule has 0 bridgehead atoms. The molecule has 0 fully saturated rings. The van der Waals surface area contributed by atoms with E-state index in [0.29, 0.717) is 5.56 Å². The maximum atomic E-state index is 11.7. The standard InChI is InChI=1S/C9H6F3O/c1-2-7-3-5-8(6-4-7)13-9(10,11)12/h1-6H. The van der Waals surface area contributed by atoms with Crippen LogP contribution in [0.5, 0.6) is 5.75 Å². The first-order valence-corrected chi connectivity index (χ1v) is 3.42. The van der Waals surface area contributed by atoms with Crippen molar-refractivity contribution in [3.05, 3.63) is 36.4 Å². The Morgan fingerprint density at radius 1 is 1.15 bits per heavy atom. The van der Waals surface area contributed by atoms with E-state index in [-0.39, 0.29) is 5.75 Å². The highest BCUT2D eigenvalue weighted by atomic mass is 19.4. The molecule has 1 rings (SSSR count). The molecule has 1 aromatic carbocycles.